The lowest BCUT2D eigenvalue weighted by atomic mass is 10.5. The van der Waals surface area contributed by atoms with Gasteiger partial charge in [0.15, 0.2) is 0 Å². The molecule has 0 amide bonds. The molecule has 1 rings (SSSR count). The third kappa shape index (κ3) is 1.72. The third-order valence-electron chi connectivity index (χ3n) is 1.07. The van der Waals surface area contributed by atoms with Gasteiger partial charge in [-0.25, -0.2) is 10.2 Å². The molecule has 0 spiro atoms. The van der Waals surface area contributed by atoms with E-state index < -0.39 is 0 Å². The molecule has 1 heterocycles. The normalized spacial score (nSPS) is 28.7. The van der Waals surface area contributed by atoms with Crippen LogP contribution >= 0.6 is 8.73 Å². The van der Waals surface area contributed by atoms with Gasteiger partial charge in [-0.1, -0.05) is 0 Å². The van der Waals surface area contributed by atoms with Crippen molar-refractivity contribution < 1.29 is 0 Å². The fraction of sp³-hybridized carbons (Fsp3) is 1.00. The number of rotatable bonds is 0. The first-order valence-electron chi connectivity index (χ1n) is 2.59. The van der Waals surface area contributed by atoms with Crippen molar-refractivity contribution in [2.24, 2.45) is 0 Å². The van der Waals surface area contributed by atoms with E-state index in [1.165, 1.54) is 19.1 Å². The van der Waals surface area contributed by atoms with Crippen LogP contribution in [0.25, 0.3) is 0 Å². The lowest BCUT2D eigenvalue weighted by Crippen LogP contribution is -2.32. The third-order valence-corrected chi connectivity index (χ3v) is 2.21. The molecule has 1 aliphatic heterocycles. The zero-order chi connectivity index (χ0) is 5.11. The van der Waals surface area contributed by atoms with Crippen LogP contribution in [0, 0.1) is 0 Å². The van der Waals surface area contributed by atoms with Gasteiger partial charge in [-0.3, -0.25) is 0 Å². The highest BCUT2D eigenvalue weighted by atomic mass is 31.1. The van der Waals surface area contributed by atoms with E-state index in [4.69, 9.17) is 0 Å². The van der Waals surface area contributed by atoms with Crippen LogP contribution in [0.15, 0.2) is 0 Å². The molecule has 2 nitrogen and oxygen atoms in total. The molecule has 1 atom stereocenters. The van der Waals surface area contributed by atoms with Gasteiger partial charge in [0.2, 0.25) is 0 Å². The first-order chi connectivity index (χ1) is 3.39. The largest absolute Gasteiger partial charge is 0.244 e. The summed E-state index contributed by atoms with van der Waals surface area (Å²) in [5.74, 6) is 0. The summed E-state index contributed by atoms with van der Waals surface area (Å²) in [6.45, 7) is 1.22. The number of nitrogens with one attached hydrogen (secondary N) is 1. The summed E-state index contributed by atoms with van der Waals surface area (Å²) in [7, 11) is 3.05. The Hall–Kier alpha value is 0.350. The second kappa shape index (κ2) is 2.61. The summed E-state index contributed by atoms with van der Waals surface area (Å²) in [5, 5.41) is 5.40. The summed E-state index contributed by atoms with van der Waals surface area (Å²) in [6, 6.07) is 0. The average Bonchev–Trinajstić information content (AvgIpc) is 1.69. The van der Waals surface area contributed by atoms with Crippen LogP contribution in [-0.4, -0.2) is 24.8 Å². The van der Waals surface area contributed by atoms with E-state index in [0.29, 0.717) is 0 Å². The van der Waals surface area contributed by atoms with Crippen LogP contribution in [0.3, 0.4) is 0 Å². The average molecular weight is 118 g/mol. The molecule has 1 N–H and O–H groups in total. The smallest absolute Gasteiger partial charge is 0.0134 e. The van der Waals surface area contributed by atoms with Gasteiger partial charge in [-0.2, -0.15) is 0 Å². The van der Waals surface area contributed by atoms with Crippen molar-refractivity contribution >= 4 is 8.73 Å². The van der Waals surface area contributed by atoms with E-state index >= 15 is 0 Å². The molecule has 0 bridgehead atoms. The van der Waals surface area contributed by atoms with E-state index in [-0.39, 0.29) is 0 Å². The van der Waals surface area contributed by atoms with Crippen LogP contribution in [0.1, 0.15) is 6.42 Å². The molecule has 3 heteroatoms. The second-order valence-electron chi connectivity index (χ2n) is 1.81. The topological polar surface area (TPSA) is 15.3 Å². The first-order valence-corrected chi connectivity index (χ1v) is 3.80. The predicted octanol–water partition coefficient (Wildman–Crippen LogP) is 0.420. The van der Waals surface area contributed by atoms with E-state index in [2.05, 4.69) is 17.3 Å². The summed E-state index contributed by atoms with van der Waals surface area (Å²) in [4.78, 5) is 0. The number of hydrogen-bond acceptors (Lipinski definition) is 2. The maximum absolute atomic E-state index is 3.24. The van der Waals surface area contributed by atoms with Crippen molar-refractivity contribution in [3.63, 3.8) is 0 Å². The van der Waals surface area contributed by atoms with E-state index in [9.17, 15) is 0 Å². The number of nitrogens with zero attached hydrogens (tertiary/aromatic N) is 1. The quantitative estimate of drug-likeness (QED) is 0.464. The van der Waals surface area contributed by atoms with E-state index in [1.807, 2.05) is 0 Å². The van der Waals surface area contributed by atoms with Gasteiger partial charge in [-0.05, 0) is 21.3 Å². The van der Waals surface area contributed by atoms with Crippen LogP contribution in [0.5, 0.6) is 0 Å². The molecule has 0 aromatic heterocycles. The zero-order valence-electron chi connectivity index (χ0n) is 4.57. The Morgan fingerprint density at radius 2 is 2.57 bits per heavy atom. The van der Waals surface area contributed by atoms with Crippen LogP contribution in [0.4, 0.5) is 0 Å². The summed E-state index contributed by atoms with van der Waals surface area (Å²) >= 11 is 0. The van der Waals surface area contributed by atoms with Crippen LogP contribution < -0.4 is 5.20 Å². The van der Waals surface area contributed by atoms with Gasteiger partial charge < -0.3 is 0 Å². The molecular formula is C4H11N2P. The number of hydrogen-bond donors (Lipinski definition) is 1. The van der Waals surface area contributed by atoms with E-state index in [0.717, 1.165) is 8.73 Å². The minimum Gasteiger partial charge on any atom is -0.244 e. The fourth-order valence-electron chi connectivity index (χ4n) is 0.651. The van der Waals surface area contributed by atoms with Gasteiger partial charge in [0.25, 0.3) is 0 Å². The Labute approximate surface area is 46.1 Å². The van der Waals surface area contributed by atoms with Crippen molar-refractivity contribution in [2.75, 3.05) is 19.8 Å². The SMILES string of the molecule is CN1CCCPN1. The van der Waals surface area contributed by atoms with Crippen molar-refractivity contribution in [1.82, 2.24) is 10.2 Å². The molecule has 0 saturated carbocycles. The fourth-order valence-corrected chi connectivity index (χ4v) is 1.48. The zero-order valence-corrected chi connectivity index (χ0v) is 5.57. The van der Waals surface area contributed by atoms with Gasteiger partial charge in [0.05, 0.1) is 0 Å². The molecule has 7 heavy (non-hydrogen) atoms. The molecule has 42 valence electrons. The summed E-state index contributed by atoms with van der Waals surface area (Å²) in [6.07, 6.45) is 2.73. The summed E-state index contributed by atoms with van der Waals surface area (Å²) in [5.41, 5.74) is 0. The lowest BCUT2D eigenvalue weighted by molar-refractivity contribution is 0.297. The highest BCUT2D eigenvalue weighted by Gasteiger charge is 2.00. The molecule has 0 aromatic rings. The molecule has 1 saturated heterocycles. The van der Waals surface area contributed by atoms with Crippen molar-refractivity contribution in [3.8, 4) is 0 Å². The van der Waals surface area contributed by atoms with Crippen molar-refractivity contribution in [1.29, 1.82) is 0 Å². The Balaban J connectivity index is 2.12. The molecule has 0 radical (unpaired) electrons. The van der Waals surface area contributed by atoms with Gasteiger partial charge >= 0.3 is 0 Å². The highest BCUT2D eigenvalue weighted by Crippen LogP contribution is 2.10. The highest BCUT2D eigenvalue weighted by molar-refractivity contribution is 7.35. The standard InChI is InChI=1S/C4H11N2P/c1-6-3-2-4-7-5-6/h5,7H,2-4H2,1H3. The van der Waals surface area contributed by atoms with Crippen LogP contribution in [0.2, 0.25) is 0 Å². The minimum absolute atomic E-state index is 0.958. The van der Waals surface area contributed by atoms with Gasteiger partial charge in [0, 0.05) is 13.6 Å². The molecule has 1 fully saturated rings. The van der Waals surface area contributed by atoms with Crippen molar-refractivity contribution in [2.45, 2.75) is 6.42 Å². The Morgan fingerprint density at radius 1 is 1.71 bits per heavy atom. The predicted molar refractivity (Wildman–Crippen MR) is 33.6 cm³/mol. The van der Waals surface area contributed by atoms with Gasteiger partial charge in [-0.15, -0.1) is 0 Å². The minimum atomic E-state index is 0.958. The molecule has 1 unspecified atom stereocenters. The lowest BCUT2D eigenvalue weighted by Gasteiger charge is -2.22. The Bertz CT molecular complexity index is 51.7. The number of hydrazine groups is 1. The van der Waals surface area contributed by atoms with Crippen LogP contribution in [-0.2, 0) is 0 Å². The second-order valence-corrected chi connectivity index (χ2v) is 2.89. The first kappa shape index (κ1) is 5.49. The molecule has 1 aliphatic rings. The molecule has 0 aromatic carbocycles. The molecular weight excluding hydrogens is 107 g/mol. The maximum Gasteiger partial charge on any atom is 0.0134 e. The van der Waals surface area contributed by atoms with Gasteiger partial charge in [0.1, 0.15) is 0 Å². The summed E-state index contributed by atoms with van der Waals surface area (Å²) < 4.78 is 0. The monoisotopic (exact) mass is 118 g/mol. The molecule has 0 aliphatic carbocycles. The maximum atomic E-state index is 3.24. The Kier molecular flexibility index (Phi) is 2.04. The van der Waals surface area contributed by atoms with E-state index in [1.54, 1.807) is 0 Å². The Morgan fingerprint density at radius 3 is 2.86 bits per heavy atom. The van der Waals surface area contributed by atoms with Crippen molar-refractivity contribution in [3.05, 3.63) is 0 Å².